The van der Waals surface area contributed by atoms with Crippen molar-refractivity contribution < 1.29 is 95.9 Å². The lowest BCUT2D eigenvalue weighted by molar-refractivity contribution is -0.143. The van der Waals surface area contributed by atoms with Gasteiger partial charge in [-0.15, -0.1) is 22.0 Å². The number of carbonyl (C=O) groups is 13. The molecule has 5 amide bonds. The number of carboxylic acids is 4. The number of sulfonamides is 1. The average molecular weight is 1520 g/mol. The Kier molecular flexibility index (Phi) is 35.6. The number of carbonyl (C=O) groups excluding carboxylic acids is 9. The van der Waals surface area contributed by atoms with Crippen LogP contribution in [0.1, 0.15) is 150 Å². The van der Waals surface area contributed by atoms with Crippen LogP contribution < -0.4 is 53.2 Å². The fourth-order valence-corrected chi connectivity index (χ4v) is 13.8. The summed E-state index contributed by atoms with van der Waals surface area (Å²) in [5.41, 5.74) is 21.0. The Hall–Kier alpha value is -9.26. The Morgan fingerprint density at radius 1 is 0.629 bits per heavy atom. The van der Waals surface area contributed by atoms with Crippen molar-refractivity contribution in [3.8, 4) is 11.5 Å². The van der Waals surface area contributed by atoms with Gasteiger partial charge >= 0.3 is 23.9 Å². The first-order valence-electron chi connectivity index (χ1n) is 34.4. The number of primary sulfonamides is 1. The molecule has 5 rings (SSSR count). The molecule has 0 saturated heterocycles. The van der Waals surface area contributed by atoms with Crippen molar-refractivity contribution in [2.75, 3.05) is 56.7 Å². The summed E-state index contributed by atoms with van der Waals surface area (Å²) >= 11 is 1.44. The van der Waals surface area contributed by atoms with Gasteiger partial charge in [0.25, 0.3) is 15.9 Å². The predicted octanol–water partition coefficient (Wildman–Crippen LogP) is 3.62. The highest BCUT2D eigenvalue weighted by Crippen LogP contribution is 2.48. The average Bonchev–Trinajstić information content (AvgIpc) is 0.861. The van der Waals surface area contributed by atoms with Crippen LogP contribution in [0.5, 0.6) is 11.5 Å². The van der Waals surface area contributed by atoms with Crippen molar-refractivity contribution >= 4 is 127 Å². The van der Waals surface area contributed by atoms with Crippen LogP contribution in [0.3, 0.4) is 0 Å². The number of benzene rings is 2. The number of Topliss-reactive ketones (excluding diaryl/α,β-unsaturated/α-hetero) is 4. The van der Waals surface area contributed by atoms with Crippen LogP contribution in [0.15, 0.2) is 75.1 Å². The van der Waals surface area contributed by atoms with Gasteiger partial charge in [0.2, 0.25) is 28.0 Å². The SMILES string of the molecule is Cc1ccc2c(c1)Oc1cc(N(C)C)ccc1C2=C1C=CC(=NC(=O)CSC[C@H](NC(=O)[C@H](CCCCN)CC(=O)[C@H](CC(=O)O)NC(=O)[C@H](CCCCN)CC(=O)[C@H](CC(=O)O)NC(=O)[C@H](CCCCN)CC(=O)CCCCCNC(=O)CCC(=O)Cc2nnc(S(N)(=O)=O)s2)C(=O)O)C=C1C(=O)O. The molecule has 6 atom stereocenters. The Morgan fingerprint density at radius 3 is 1.69 bits per heavy atom. The van der Waals surface area contributed by atoms with Gasteiger partial charge in [0.05, 0.1) is 48.4 Å². The van der Waals surface area contributed by atoms with Crippen LogP contribution in [-0.4, -0.2) is 191 Å². The second-order valence-corrected chi connectivity index (χ2v) is 29.6. The minimum Gasteiger partial charge on any atom is -0.481 e. The number of carboxylic acid groups (broad SMARTS) is 4. The first-order valence-corrected chi connectivity index (χ1v) is 37.9. The Bertz CT molecular complexity index is 3930. The zero-order chi connectivity index (χ0) is 77.5. The fraction of sp³-hybridized carbons (Fsp3) is 0.514. The van der Waals surface area contributed by atoms with Crippen molar-refractivity contribution in [3.63, 3.8) is 0 Å². The summed E-state index contributed by atoms with van der Waals surface area (Å²) in [4.78, 5) is 178. The highest BCUT2D eigenvalue weighted by molar-refractivity contribution is 8.00. The van der Waals surface area contributed by atoms with Crippen LogP contribution >= 0.6 is 23.1 Å². The van der Waals surface area contributed by atoms with Gasteiger partial charge in [0, 0.05) is 111 Å². The van der Waals surface area contributed by atoms with E-state index in [4.69, 9.17) is 27.1 Å². The van der Waals surface area contributed by atoms with Crippen molar-refractivity contribution in [1.82, 2.24) is 31.5 Å². The van der Waals surface area contributed by atoms with E-state index in [0.717, 1.165) is 23.0 Å². The number of unbranched alkanes of at least 4 members (excludes halogenated alkanes) is 5. The van der Waals surface area contributed by atoms with Gasteiger partial charge < -0.3 is 68.5 Å². The van der Waals surface area contributed by atoms with Gasteiger partial charge in [-0.1, -0.05) is 55.2 Å². The van der Waals surface area contributed by atoms with E-state index in [2.05, 4.69) is 36.5 Å². The van der Waals surface area contributed by atoms with Crippen LogP contribution in [-0.2, 0) is 78.8 Å². The number of ether oxygens (including phenoxy) is 1. The van der Waals surface area contributed by atoms with E-state index in [1.54, 1.807) is 6.08 Å². The normalized spacial score (nSPS) is 15.2. The number of rotatable bonds is 49. The number of aliphatic imine (C=N–C) groups is 1. The molecule has 2 aliphatic rings. The van der Waals surface area contributed by atoms with E-state index < -0.39 is 152 Å². The molecule has 105 heavy (non-hydrogen) atoms. The van der Waals surface area contributed by atoms with Crippen molar-refractivity contribution in [2.24, 2.45) is 45.1 Å². The number of anilines is 1. The molecule has 0 radical (unpaired) electrons. The number of aliphatic carboxylic acids is 4. The smallest absolute Gasteiger partial charge is 0.336 e. The zero-order valence-electron chi connectivity index (χ0n) is 58.9. The summed E-state index contributed by atoms with van der Waals surface area (Å²) in [6, 6.07) is 5.91. The second kappa shape index (κ2) is 43.2. The minimum atomic E-state index is -4.08. The van der Waals surface area contributed by atoms with Gasteiger partial charge in [0.1, 0.15) is 34.1 Å². The molecule has 2 aromatic carbocycles. The number of thioether (sulfide) groups is 1. The quantitative estimate of drug-likeness (QED) is 0.0281. The first kappa shape index (κ1) is 86.4. The van der Waals surface area contributed by atoms with Crippen LogP contribution in [0.2, 0.25) is 0 Å². The number of allylic oxidation sites excluding steroid dienone is 3. The highest BCUT2D eigenvalue weighted by Gasteiger charge is 2.37. The number of nitrogens with one attached hydrogen (secondary N) is 4. The number of amides is 5. The second-order valence-electron chi connectivity index (χ2n) is 25.7. The van der Waals surface area contributed by atoms with Gasteiger partial charge in [-0.2, -0.15) is 0 Å². The molecule has 0 spiro atoms. The van der Waals surface area contributed by atoms with Gasteiger partial charge in [-0.25, -0.2) is 28.1 Å². The molecule has 2 heterocycles. The van der Waals surface area contributed by atoms with E-state index in [1.807, 2.05) is 62.3 Å². The minimum absolute atomic E-state index is 0.00511. The molecular weight excluding hydrogens is 1430 g/mol. The molecule has 35 heteroatoms. The largest absolute Gasteiger partial charge is 0.481 e. The lowest BCUT2D eigenvalue weighted by Crippen LogP contribution is -2.49. The van der Waals surface area contributed by atoms with E-state index >= 15 is 0 Å². The number of ketones is 4. The summed E-state index contributed by atoms with van der Waals surface area (Å²) in [5.74, 6) is -15.9. The van der Waals surface area contributed by atoms with Gasteiger partial charge in [0.15, 0.2) is 11.6 Å². The summed E-state index contributed by atoms with van der Waals surface area (Å²) in [7, 11) is -0.332. The van der Waals surface area contributed by atoms with E-state index in [9.17, 15) is 91.2 Å². The van der Waals surface area contributed by atoms with Crippen LogP contribution in [0.25, 0.3) is 5.57 Å². The summed E-state index contributed by atoms with van der Waals surface area (Å²) in [6.45, 7) is 2.69. The lowest BCUT2D eigenvalue weighted by atomic mass is 9.84. The van der Waals surface area contributed by atoms with E-state index in [1.165, 1.54) is 12.2 Å². The monoisotopic (exact) mass is 1520 g/mol. The Labute approximate surface area is 615 Å². The third-order valence-corrected chi connectivity index (χ3v) is 20.3. The number of aryl methyl sites for hydroxylation is 1. The van der Waals surface area contributed by atoms with Gasteiger partial charge in [-0.3, -0.25) is 52.7 Å². The number of nitrogens with two attached hydrogens (primary N) is 4. The molecule has 0 unspecified atom stereocenters. The number of nitrogens with zero attached hydrogens (tertiary/aromatic N) is 4. The van der Waals surface area contributed by atoms with Crippen molar-refractivity contribution in [3.05, 3.63) is 87.5 Å². The maximum atomic E-state index is 14.3. The first-order chi connectivity index (χ1) is 49.8. The number of hydrogen-bond donors (Lipinski definition) is 12. The Balaban J connectivity index is 1.20. The summed E-state index contributed by atoms with van der Waals surface area (Å²) in [6.07, 6.45) is 3.43. The molecule has 0 saturated carbocycles. The third kappa shape index (κ3) is 29.0. The van der Waals surface area contributed by atoms with Crippen molar-refractivity contribution in [2.45, 2.75) is 164 Å². The zero-order valence-corrected chi connectivity index (χ0v) is 61.3. The predicted molar refractivity (Wildman–Crippen MR) is 389 cm³/mol. The van der Waals surface area contributed by atoms with Crippen LogP contribution in [0.4, 0.5) is 5.69 Å². The van der Waals surface area contributed by atoms with Crippen molar-refractivity contribution in [1.29, 1.82) is 0 Å². The molecule has 0 bridgehead atoms. The number of fused-ring (bicyclic) bond motifs is 2. The van der Waals surface area contributed by atoms with E-state index in [-0.39, 0.29) is 118 Å². The molecule has 572 valence electrons. The molecular formula is C70H94N12O20S3. The fourth-order valence-electron chi connectivity index (χ4n) is 11.5. The van der Waals surface area contributed by atoms with Gasteiger partial charge in [-0.05, 0) is 119 Å². The molecule has 32 nitrogen and oxygen atoms in total. The van der Waals surface area contributed by atoms with Crippen LogP contribution in [0, 0.1) is 24.7 Å². The maximum Gasteiger partial charge on any atom is 0.336 e. The molecule has 3 aromatic rings. The molecule has 0 fully saturated rings. The molecule has 1 aliphatic carbocycles. The maximum absolute atomic E-state index is 14.3. The standard InChI is InChI=1S/C70H94N12O20S3/c1-40-17-21-49-57(29-40)102-58-34-45(82(2)3)19-23-50(58)64(49)48-22-18-44(33-51(48)68(96)97)76-60(88)39-103-38-54(69(98)99)79-67(95)43(15-8-11-27-73)32-56(86)53(37-63(91)92)78-66(94)42(14-7-10-26-72)31-55(85)52(36-62(89)90)77-65(93)41(13-6-9-25-71)30-46(83)16-5-4-12-28-75-59(87)24-20-47(84)35-61-80-81-70(104-61)105(74,100)101/h17-19,21-23,29,33-34,41-43,52-54H,4-16,20,24-28,30-32,35-39,71-73H2,1-3H3,(H,75,87)(H,77,93)(H,78,94)(H,79,95)(H,89,90)(H,91,92)(H,96,97)(H,98,99)(H2,74,100,101)/t41-,42-,43-,52+,53+,54+/m1/s1. The summed E-state index contributed by atoms with van der Waals surface area (Å²) in [5, 5.41) is 63.0. The Morgan fingerprint density at radius 2 is 1.17 bits per heavy atom. The van der Waals surface area contributed by atoms with E-state index in [0.29, 0.717) is 90.1 Å². The molecule has 1 aliphatic heterocycles. The lowest BCUT2D eigenvalue weighted by Gasteiger charge is -2.27. The number of aromatic nitrogens is 2. The molecule has 1 aromatic heterocycles. The topological polar surface area (TPSA) is 540 Å². The summed E-state index contributed by atoms with van der Waals surface area (Å²) < 4.78 is 28.8. The molecule has 16 N–H and O–H groups in total. The highest BCUT2D eigenvalue weighted by atomic mass is 32.2. The third-order valence-electron chi connectivity index (χ3n) is 17.1. The number of hydrogen-bond acceptors (Lipinski definition) is 24.